The van der Waals surface area contributed by atoms with E-state index in [0.717, 1.165) is 0 Å². The summed E-state index contributed by atoms with van der Waals surface area (Å²) in [6.45, 7) is 0.344. The van der Waals surface area contributed by atoms with Crippen molar-refractivity contribution in [1.29, 1.82) is 0 Å². The number of benzene rings is 1. The fraction of sp³-hybridized carbons (Fsp3) is 0.417. The van der Waals surface area contributed by atoms with Crippen LogP contribution >= 0.6 is 0 Å². The Balaban J connectivity index is 2.19. The zero-order chi connectivity index (χ0) is 13.2. The van der Waals surface area contributed by atoms with E-state index in [-0.39, 0.29) is 17.6 Å². The van der Waals surface area contributed by atoms with Crippen LogP contribution in [0.1, 0.15) is 24.3 Å². The van der Waals surface area contributed by atoms with Gasteiger partial charge >= 0.3 is 6.36 Å². The minimum Gasteiger partial charge on any atom is -0.405 e. The van der Waals surface area contributed by atoms with Crippen molar-refractivity contribution in [2.24, 2.45) is 0 Å². The maximum absolute atomic E-state index is 12.3. The quantitative estimate of drug-likeness (QED) is 0.886. The Morgan fingerprint density at radius 3 is 2.61 bits per heavy atom. The van der Waals surface area contributed by atoms with Gasteiger partial charge in [-0.3, -0.25) is 4.79 Å². The standard InChI is InChI=1S/C12H12F3NO2/c13-12(14,15)18-10-4-2-1-3-9(10)8-5-6-11(17)16-7-8/h1-4,8H,5-7H2,(H,16,17). The molecule has 0 radical (unpaired) electrons. The average Bonchev–Trinajstić information content (AvgIpc) is 2.29. The maximum atomic E-state index is 12.3. The molecular weight excluding hydrogens is 247 g/mol. The molecule has 0 aliphatic carbocycles. The molecule has 0 aromatic heterocycles. The topological polar surface area (TPSA) is 38.3 Å². The van der Waals surface area contributed by atoms with Crippen molar-refractivity contribution < 1.29 is 22.7 Å². The van der Waals surface area contributed by atoms with Gasteiger partial charge in [0.15, 0.2) is 0 Å². The van der Waals surface area contributed by atoms with Crippen LogP contribution in [0.25, 0.3) is 0 Å². The van der Waals surface area contributed by atoms with Crippen molar-refractivity contribution >= 4 is 5.91 Å². The molecule has 0 bridgehead atoms. The highest BCUT2D eigenvalue weighted by molar-refractivity contribution is 5.77. The summed E-state index contributed by atoms with van der Waals surface area (Å²) in [5.41, 5.74) is 0.481. The lowest BCUT2D eigenvalue weighted by Crippen LogP contribution is -2.34. The Bertz CT molecular complexity index is 435. The predicted octanol–water partition coefficient (Wildman–Crippen LogP) is 2.58. The van der Waals surface area contributed by atoms with Crippen LogP contribution in [0.5, 0.6) is 5.75 Å². The zero-order valence-electron chi connectivity index (χ0n) is 9.46. The third kappa shape index (κ3) is 3.15. The molecule has 1 aromatic rings. The van der Waals surface area contributed by atoms with Crippen molar-refractivity contribution in [2.45, 2.75) is 25.1 Å². The van der Waals surface area contributed by atoms with Crippen molar-refractivity contribution in [2.75, 3.05) is 6.54 Å². The summed E-state index contributed by atoms with van der Waals surface area (Å²) >= 11 is 0. The molecule has 1 fully saturated rings. The second-order valence-corrected chi connectivity index (χ2v) is 4.13. The number of ether oxygens (including phenoxy) is 1. The summed E-state index contributed by atoms with van der Waals surface area (Å²) in [5, 5.41) is 2.64. The van der Waals surface area contributed by atoms with Crippen LogP contribution in [0.3, 0.4) is 0 Å². The van der Waals surface area contributed by atoms with Crippen LogP contribution < -0.4 is 10.1 Å². The number of para-hydroxylation sites is 1. The van der Waals surface area contributed by atoms with Gasteiger partial charge in [0.05, 0.1) is 0 Å². The van der Waals surface area contributed by atoms with Crippen LogP contribution in [-0.2, 0) is 4.79 Å². The van der Waals surface area contributed by atoms with E-state index in [1.807, 2.05) is 0 Å². The molecule has 1 unspecified atom stereocenters. The minimum absolute atomic E-state index is 0.0690. The predicted molar refractivity (Wildman–Crippen MR) is 58.1 cm³/mol. The van der Waals surface area contributed by atoms with Gasteiger partial charge in [-0.2, -0.15) is 0 Å². The molecule has 1 heterocycles. The smallest absolute Gasteiger partial charge is 0.405 e. The van der Waals surface area contributed by atoms with E-state index in [4.69, 9.17) is 0 Å². The van der Waals surface area contributed by atoms with Gasteiger partial charge in [-0.1, -0.05) is 18.2 Å². The lowest BCUT2D eigenvalue weighted by Gasteiger charge is -2.24. The van der Waals surface area contributed by atoms with E-state index >= 15 is 0 Å². The number of nitrogens with one attached hydrogen (secondary N) is 1. The van der Waals surface area contributed by atoms with Crippen molar-refractivity contribution in [3.63, 3.8) is 0 Å². The van der Waals surface area contributed by atoms with Crippen LogP contribution in [-0.4, -0.2) is 18.8 Å². The number of alkyl halides is 3. The molecule has 6 heteroatoms. The van der Waals surface area contributed by atoms with Gasteiger partial charge in [-0.15, -0.1) is 13.2 Å². The highest BCUT2D eigenvalue weighted by Gasteiger charge is 2.33. The number of rotatable bonds is 2. The molecule has 1 saturated heterocycles. The summed E-state index contributed by atoms with van der Waals surface area (Å²) < 4.78 is 40.8. The van der Waals surface area contributed by atoms with Crippen LogP contribution in [0.4, 0.5) is 13.2 Å². The first kappa shape index (κ1) is 12.7. The molecule has 18 heavy (non-hydrogen) atoms. The van der Waals surface area contributed by atoms with Gasteiger partial charge in [-0.05, 0) is 18.1 Å². The zero-order valence-corrected chi connectivity index (χ0v) is 9.46. The van der Waals surface area contributed by atoms with E-state index in [2.05, 4.69) is 10.1 Å². The second kappa shape index (κ2) is 4.88. The molecule has 0 saturated carbocycles. The molecule has 2 rings (SSSR count). The van der Waals surface area contributed by atoms with E-state index in [1.54, 1.807) is 12.1 Å². The van der Waals surface area contributed by atoms with Crippen LogP contribution in [0, 0.1) is 0 Å². The normalized spacial score (nSPS) is 20.4. The molecule has 1 N–H and O–H groups in total. The van der Waals surface area contributed by atoms with E-state index in [0.29, 0.717) is 24.9 Å². The summed E-state index contributed by atoms with van der Waals surface area (Å²) in [5.74, 6) is -0.395. The highest BCUT2D eigenvalue weighted by atomic mass is 19.4. The molecule has 1 aliphatic heterocycles. The lowest BCUT2D eigenvalue weighted by atomic mass is 9.91. The van der Waals surface area contributed by atoms with Crippen molar-refractivity contribution in [3.05, 3.63) is 29.8 Å². The molecule has 98 valence electrons. The highest BCUT2D eigenvalue weighted by Crippen LogP contribution is 2.34. The third-order valence-corrected chi connectivity index (χ3v) is 2.85. The number of halogens is 3. The molecular formula is C12H12F3NO2. The van der Waals surface area contributed by atoms with Gasteiger partial charge in [-0.25, -0.2) is 0 Å². The number of carbonyl (C=O) groups excluding carboxylic acids is 1. The Hall–Kier alpha value is -1.72. The van der Waals surface area contributed by atoms with Gasteiger partial charge in [0, 0.05) is 18.9 Å². The molecule has 0 spiro atoms. The number of hydrogen-bond donors (Lipinski definition) is 1. The Morgan fingerprint density at radius 2 is 2.00 bits per heavy atom. The van der Waals surface area contributed by atoms with Gasteiger partial charge in [0.1, 0.15) is 5.75 Å². The number of piperidine rings is 1. The first-order valence-corrected chi connectivity index (χ1v) is 5.57. The monoisotopic (exact) mass is 259 g/mol. The van der Waals surface area contributed by atoms with E-state index < -0.39 is 6.36 Å². The lowest BCUT2D eigenvalue weighted by molar-refractivity contribution is -0.275. The minimum atomic E-state index is -4.70. The van der Waals surface area contributed by atoms with Crippen LogP contribution in [0.15, 0.2) is 24.3 Å². The SMILES string of the molecule is O=C1CCC(c2ccccc2OC(F)(F)F)CN1. The molecule has 1 aliphatic rings. The first-order chi connectivity index (χ1) is 8.46. The Morgan fingerprint density at radius 1 is 1.28 bits per heavy atom. The number of amides is 1. The fourth-order valence-electron chi connectivity index (χ4n) is 2.03. The molecule has 3 nitrogen and oxygen atoms in total. The summed E-state index contributed by atoms with van der Waals surface area (Å²) in [6.07, 6.45) is -3.84. The fourth-order valence-corrected chi connectivity index (χ4v) is 2.03. The molecule has 1 aromatic carbocycles. The second-order valence-electron chi connectivity index (χ2n) is 4.13. The van der Waals surface area contributed by atoms with Gasteiger partial charge in [0.25, 0.3) is 0 Å². The largest absolute Gasteiger partial charge is 0.573 e. The summed E-state index contributed by atoms with van der Waals surface area (Å²) in [4.78, 5) is 11.0. The summed E-state index contributed by atoms with van der Waals surface area (Å²) in [7, 11) is 0. The van der Waals surface area contributed by atoms with Crippen LogP contribution in [0.2, 0.25) is 0 Å². The third-order valence-electron chi connectivity index (χ3n) is 2.85. The average molecular weight is 259 g/mol. The van der Waals surface area contributed by atoms with Gasteiger partial charge in [0.2, 0.25) is 5.91 Å². The van der Waals surface area contributed by atoms with E-state index in [9.17, 15) is 18.0 Å². The van der Waals surface area contributed by atoms with Crippen molar-refractivity contribution in [1.82, 2.24) is 5.32 Å². The van der Waals surface area contributed by atoms with Crippen molar-refractivity contribution in [3.8, 4) is 5.75 Å². The van der Waals surface area contributed by atoms with Gasteiger partial charge < -0.3 is 10.1 Å². The Kier molecular flexibility index (Phi) is 3.45. The number of hydrogen-bond acceptors (Lipinski definition) is 2. The Labute approximate surface area is 102 Å². The maximum Gasteiger partial charge on any atom is 0.573 e. The summed E-state index contributed by atoms with van der Waals surface area (Å²) in [6, 6.07) is 6.05. The molecule has 1 amide bonds. The van der Waals surface area contributed by atoms with E-state index in [1.165, 1.54) is 12.1 Å². The number of carbonyl (C=O) groups is 1. The molecule has 1 atom stereocenters. The first-order valence-electron chi connectivity index (χ1n) is 5.57.